The van der Waals surface area contributed by atoms with Gasteiger partial charge in [0.25, 0.3) is 0 Å². The Bertz CT molecular complexity index is 1630. The Labute approximate surface area is 212 Å². The molecule has 0 saturated carbocycles. The van der Waals surface area contributed by atoms with E-state index in [2.05, 4.69) is 28.5 Å². The van der Waals surface area contributed by atoms with Crippen LogP contribution in [0.4, 0.5) is 0 Å². The van der Waals surface area contributed by atoms with E-state index in [9.17, 15) is 0 Å². The van der Waals surface area contributed by atoms with Crippen LogP contribution in [0.15, 0.2) is 109 Å². The van der Waals surface area contributed by atoms with Crippen molar-refractivity contribution in [3.8, 4) is 34.1 Å². The summed E-state index contributed by atoms with van der Waals surface area (Å²) in [6.45, 7) is 0.303. The highest BCUT2D eigenvalue weighted by atomic mass is 35.5. The van der Waals surface area contributed by atoms with Crippen LogP contribution in [0, 0.1) is 0 Å². The fraction of sp³-hybridized carbons (Fsp3) is 0.0345. The van der Waals surface area contributed by atoms with Crippen LogP contribution in [-0.4, -0.2) is 25.0 Å². The van der Waals surface area contributed by atoms with E-state index in [1.807, 2.05) is 91.1 Å². The Hall–Kier alpha value is -4.55. The number of halogens is 1. The average molecular weight is 490 g/mol. The lowest BCUT2D eigenvalue weighted by Crippen LogP contribution is -1.97. The third-order valence-corrected chi connectivity index (χ3v) is 6.03. The largest absolute Gasteiger partial charge is 0.487 e. The van der Waals surface area contributed by atoms with Gasteiger partial charge < -0.3 is 4.74 Å². The molecule has 0 saturated heterocycles. The molecular formula is C29H20ClN5O. The zero-order valence-electron chi connectivity index (χ0n) is 19.1. The first-order valence-electron chi connectivity index (χ1n) is 11.5. The van der Waals surface area contributed by atoms with Crippen LogP contribution in [0.2, 0.25) is 5.02 Å². The minimum atomic E-state index is 0.303. The lowest BCUT2D eigenvalue weighted by atomic mass is 10.1. The molecule has 0 amide bonds. The van der Waals surface area contributed by atoms with Gasteiger partial charge in [-0.1, -0.05) is 65.3 Å². The Balaban J connectivity index is 1.22. The van der Waals surface area contributed by atoms with Gasteiger partial charge in [0.2, 0.25) is 0 Å². The first-order valence-corrected chi connectivity index (χ1v) is 11.8. The van der Waals surface area contributed by atoms with Gasteiger partial charge in [0.15, 0.2) is 5.82 Å². The fourth-order valence-corrected chi connectivity index (χ4v) is 4.09. The summed E-state index contributed by atoms with van der Waals surface area (Å²) in [5.41, 5.74) is 5.40. The number of fused-ring (bicyclic) bond motifs is 1. The van der Waals surface area contributed by atoms with Gasteiger partial charge in [0, 0.05) is 21.5 Å². The molecule has 4 aromatic carbocycles. The minimum Gasteiger partial charge on any atom is -0.487 e. The number of ether oxygens (including phenoxy) is 1. The van der Waals surface area contributed by atoms with E-state index in [1.54, 1.807) is 4.68 Å². The summed E-state index contributed by atoms with van der Waals surface area (Å²) in [5, 5.41) is 10.1. The lowest BCUT2D eigenvalue weighted by molar-refractivity contribution is 0.301. The molecule has 174 valence electrons. The Morgan fingerprint density at radius 2 is 1.47 bits per heavy atom. The molecular weight excluding hydrogens is 470 g/mol. The quantitative estimate of drug-likeness (QED) is 0.258. The van der Waals surface area contributed by atoms with Crippen LogP contribution >= 0.6 is 11.6 Å². The van der Waals surface area contributed by atoms with Crippen LogP contribution in [-0.2, 0) is 6.61 Å². The maximum atomic E-state index is 5.96. The number of hydrogen-bond donors (Lipinski definition) is 0. The molecule has 0 aliphatic heterocycles. The van der Waals surface area contributed by atoms with Crippen LogP contribution in [0.3, 0.4) is 0 Å². The number of hydrogen-bond acceptors (Lipinski definition) is 5. The van der Waals surface area contributed by atoms with Crippen molar-refractivity contribution < 1.29 is 4.74 Å². The van der Waals surface area contributed by atoms with E-state index in [1.165, 1.54) is 0 Å². The summed E-state index contributed by atoms with van der Waals surface area (Å²) >= 11 is 5.96. The van der Waals surface area contributed by atoms with Crippen molar-refractivity contribution in [1.82, 2.24) is 25.0 Å². The number of para-hydroxylation sites is 1. The molecule has 0 atom stereocenters. The topological polar surface area (TPSA) is 65.7 Å². The number of benzene rings is 4. The monoisotopic (exact) mass is 489 g/mol. The molecule has 0 spiro atoms. The van der Waals surface area contributed by atoms with Crippen LogP contribution in [0.25, 0.3) is 39.2 Å². The summed E-state index contributed by atoms with van der Waals surface area (Å²) in [4.78, 5) is 9.73. The van der Waals surface area contributed by atoms with Crippen molar-refractivity contribution in [2.75, 3.05) is 0 Å². The summed E-state index contributed by atoms with van der Waals surface area (Å²) in [5.74, 6) is 1.40. The molecule has 0 unspecified atom stereocenters. The smallest absolute Gasteiger partial charge is 0.160 e. The molecule has 7 heteroatoms. The van der Waals surface area contributed by atoms with E-state index in [0.29, 0.717) is 17.5 Å². The van der Waals surface area contributed by atoms with Gasteiger partial charge in [0.1, 0.15) is 18.1 Å². The summed E-state index contributed by atoms with van der Waals surface area (Å²) < 4.78 is 7.63. The van der Waals surface area contributed by atoms with Gasteiger partial charge in [0.05, 0.1) is 23.1 Å². The number of rotatable bonds is 6. The molecule has 6 rings (SSSR count). The second-order valence-corrected chi connectivity index (χ2v) is 8.66. The molecule has 0 aliphatic carbocycles. The predicted molar refractivity (Wildman–Crippen MR) is 141 cm³/mol. The van der Waals surface area contributed by atoms with E-state index in [-0.39, 0.29) is 0 Å². The number of aromatic nitrogens is 5. The Morgan fingerprint density at radius 3 is 2.28 bits per heavy atom. The summed E-state index contributed by atoms with van der Waals surface area (Å²) in [6, 6.07) is 33.4. The SMILES string of the molecule is Clc1ccc(-n2cc(COc3ccc(-c4nc(-c5ccccc5)c5ccccc5n4)cc3)nn2)cc1. The molecule has 0 bridgehead atoms. The average Bonchev–Trinajstić information content (AvgIpc) is 3.41. The van der Waals surface area contributed by atoms with Crippen LogP contribution in [0.1, 0.15) is 5.69 Å². The van der Waals surface area contributed by atoms with Crippen LogP contribution in [0.5, 0.6) is 5.75 Å². The van der Waals surface area contributed by atoms with E-state index >= 15 is 0 Å². The Kier molecular flexibility index (Phi) is 5.85. The van der Waals surface area contributed by atoms with Gasteiger partial charge in [-0.15, -0.1) is 5.10 Å². The molecule has 6 nitrogen and oxygen atoms in total. The molecule has 2 aromatic heterocycles. The highest BCUT2D eigenvalue weighted by molar-refractivity contribution is 6.30. The van der Waals surface area contributed by atoms with E-state index in [0.717, 1.165) is 44.9 Å². The maximum absolute atomic E-state index is 5.96. The molecule has 2 heterocycles. The number of nitrogens with zero attached hydrogens (tertiary/aromatic N) is 5. The summed E-state index contributed by atoms with van der Waals surface area (Å²) in [6.07, 6.45) is 1.84. The minimum absolute atomic E-state index is 0.303. The Morgan fingerprint density at radius 1 is 0.722 bits per heavy atom. The van der Waals surface area contributed by atoms with E-state index < -0.39 is 0 Å². The standard InChI is InChI=1S/C29H20ClN5O/c30-22-12-14-24(15-13-22)35-18-23(33-34-35)19-36-25-16-10-21(11-17-25)29-31-27-9-5-4-8-26(27)28(32-29)20-6-2-1-3-7-20/h1-18H,19H2. The normalized spacial score (nSPS) is 11.0. The predicted octanol–water partition coefficient (Wildman–Crippen LogP) is 6.78. The van der Waals surface area contributed by atoms with Crippen molar-refractivity contribution in [2.24, 2.45) is 0 Å². The van der Waals surface area contributed by atoms with Gasteiger partial charge >= 0.3 is 0 Å². The third kappa shape index (κ3) is 4.54. The van der Waals surface area contributed by atoms with E-state index in [4.69, 9.17) is 26.3 Å². The van der Waals surface area contributed by atoms with Crippen molar-refractivity contribution >= 4 is 22.5 Å². The molecule has 0 N–H and O–H groups in total. The second-order valence-electron chi connectivity index (χ2n) is 8.22. The maximum Gasteiger partial charge on any atom is 0.160 e. The fourth-order valence-electron chi connectivity index (χ4n) is 3.96. The molecule has 6 aromatic rings. The van der Waals surface area contributed by atoms with Crippen LogP contribution < -0.4 is 4.74 Å². The second kappa shape index (κ2) is 9.60. The molecule has 0 fully saturated rings. The molecule has 0 aliphatic rings. The van der Waals surface area contributed by atoms with Crippen molar-refractivity contribution in [3.05, 3.63) is 120 Å². The zero-order chi connectivity index (χ0) is 24.3. The summed E-state index contributed by atoms with van der Waals surface area (Å²) in [7, 11) is 0. The molecule has 36 heavy (non-hydrogen) atoms. The first kappa shape index (κ1) is 21.9. The van der Waals surface area contributed by atoms with Gasteiger partial charge in [-0.3, -0.25) is 0 Å². The first-order chi connectivity index (χ1) is 17.7. The zero-order valence-corrected chi connectivity index (χ0v) is 19.9. The third-order valence-electron chi connectivity index (χ3n) is 5.78. The lowest BCUT2D eigenvalue weighted by Gasteiger charge is -2.10. The highest BCUT2D eigenvalue weighted by Crippen LogP contribution is 2.29. The highest BCUT2D eigenvalue weighted by Gasteiger charge is 2.11. The van der Waals surface area contributed by atoms with Crippen molar-refractivity contribution in [3.63, 3.8) is 0 Å². The van der Waals surface area contributed by atoms with Gasteiger partial charge in [-0.2, -0.15) is 0 Å². The van der Waals surface area contributed by atoms with Gasteiger partial charge in [-0.05, 0) is 54.6 Å². The van der Waals surface area contributed by atoms with Crippen molar-refractivity contribution in [1.29, 1.82) is 0 Å². The van der Waals surface area contributed by atoms with Crippen molar-refractivity contribution in [2.45, 2.75) is 6.61 Å². The van der Waals surface area contributed by atoms with Gasteiger partial charge in [-0.25, -0.2) is 14.6 Å². The molecule has 0 radical (unpaired) electrons.